The first-order chi connectivity index (χ1) is 5.09. The third-order valence-electron chi connectivity index (χ3n) is 2.02. The van der Waals surface area contributed by atoms with Crippen LogP contribution in [0.1, 0.15) is 17.0 Å². The predicted molar refractivity (Wildman–Crippen MR) is 47.3 cm³/mol. The Morgan fingerprint density at radius 3 is 2.18 bits per heavy atom. The zero-order valence-corrected chi connectivity index (χ0v) is 8.36. The minimum Gasteiger partial charge on any atom is -0.339 e. The lowest BCUT2D eigenvalue weighted by atomic mass is 10.3. The van der Waals surface area contributed by atoms with Crippen molar-refractivity contribution >= 4 is 15.9 Å². The van der Waals surface area contributed by atoms with Crippen molar-refractivity contribution in [2.75, 3.05) is 0 Å². The summed E-state index contributed by atoms with van der Waals surface area (Å²) in [5.74, 6) is 0. The molecule has 0 radical (unpaired) electrons. The number of nitriles is 1. The molecule has 0 fully saturated rings. The Labute approximate surface area is 74.6 Å². The molecule has 0 saturated heterocycles. The molecule has 2 nitrogen and oxygen atoms in total. The molecular weight excluding hydrogens is 204 g/mol. The number of hydrogen-bond acceptors (Lipinski definition) is 1. The SMILES string of the molecule is Cc1c(Br)c(C#N)n(C)c1C. The molecule has 0 saturated carbocycles. The molecule has 0 spiro atoms. The number of nitrogens with zero attached hydrogens (tertiary/aromatic N) is 2. The number of rotatable bonds is 0. The maximum atomic E-state index is 8.74. The Hall–Kier alpha value is -0.750. The second-order valence-corrected chi connectivity index (χ2v) is 3.34. The Morgan fingerprint density at radius 2 is 2.00 bits per heavy atom. The molecule has 1 aromatic rings. The summed E-state index contributed by atoms with van der Waals surface area (Å²) in [7, 11) is 1.89. The standard InChI is InChI=1S/C8H9BrN2/c1-5-6(2)11(3)7(4-10)8(5)9/h1-3H3. The summed E-state index contributed by atoms with van der Waals surface area (Å²) >= 11 is 3.37. The van der Waals surface area contributed by atoms with Crippen molar-refractivity contribution in [2.24, 2.45) is 7.05 Å². The molecule has 0 amide bonds. The van der Waals surface area contributed by atoms with Gasteiger partial charge in [-0.25, -0.2) is 0 Å². The van der Waals surface area contributed by atoms with Gasteiger partial charge in [0, 0.05) is 12.7 Å². The van der Waals surface area contributed by atoms with E-state index in [1.54, 1.807) is 0 Å². The highest BCUT2D eigenvalue weighted by Gasteiger charge is 2.11. The Balaban J connectivity index is 3.51. The predicted octanol–water partition coefficient (Wildman–Crippen LogP) is 2.28. The molecule has 0 bridgehead atoms. The smallest absolute Gasteiger partial charge is 0.134 e. The highest BCUT2D eigenvalue weighted by Crippen LogP contribution is 2.25. The van der Waals surface area contributed by atoms with Gasteiger partial charge in [-0.1, -0.05) is 0 Å². The third-order valence-corrected chi connectivity index (χ3v) is 2.99. The molecule has 58 valence electrons. The Kier molecular flexibility index (Phi) is 2.05. The summed E-state index contributed by atoms with van der Waals surface area (Å²) < 4.78 is 2.80. The van der Waals surface area contributed by atoms with E-state index >= 15 is 0 Å². The molecule has 1 heterocycles. The summed E-state index contributed by atoms with van der Waals surface area (Å²) in [6, 6.07) is 2.14. The lowest BCUT2D eigenvalue weighted by Gasteiger charge is -1.95. The highest BCUT2D eigenvalue weighted by atomic mass is 79.9. The molecule has 0 unspecified atom stereocenters. The van der Waals surface area contributed by atoms with E-state index < -0.39 is 0 Å². The first kappa shape index (κ1) is 8.35. The van der Waals surface area contributed by atoms with Crippen LogP contribution in [0.2, 0.25) is 0 Å². The fourth-order valence-electron chi connectivity index (χ4n) is 1.03. The summed E-state index contributed by atoms with van der Waals surface area (Å²) in [4.78, 5) is 0. The van der Waals surface area contributed by atoms with Gasteiger partial charge in [-0.15, -0.1) is 0 Å². The van der Waals surface area contributed by atoms with Crippen LogP contribution in [0.3, 0.4) is 0 Å². The van der Waals surface area contributed by atoms with Gasteiger partial charge in [-0.3, -0.25) is 0 Å². The second-order valence-electron chi connectivity index (χ2n) is 2.54. The van der Waals surface area contributed by atoms with Crippen molar-refractivity contribution in [1.82, 2.24) is 4.57 Å². The molecule has 0 aliphatic heterocycles. The fraction of sp³-hybridized carbons (Fsp3) is 0.375. The van der Waals surface area contributed by atoms with Crippen LogP contribution in [0.25, 0.3) is 0 Å². The molecule has 0 aliphatic carbocycles. The van der Waals surface area contributed by atoms with Crippen LogP contribution in [0.4, 0.5) is 0 Å². The molecule has 0 aromatic carbocycles. The van der Waals surface area contributed by atoms with Crippen molar-refractivity contribution in [2.45, 2.75) is 13.8 Å². The van der Waals surface area contributed by atoms with Crippen molar-refractivity contribution < 1.29 is 0 Å². The monoisotopic (exact) mass is 212 g/mol. The van der Waals surface area contributed by atoms with Gasteiger partial charge in [0.25, 0.3) is 0 Å². The van der Waals surface area contributed by atoms with E-state index in [1.165, 1.54) is 0 Å². The van der Waals surface area contributed by atoms with E-state index in [9.17, 15) is 0 Å². The van der Waals surface area contributed by atoms with Crippen molar-refractivity contribution in [3.05, 3.63) is 21.4 Å². The van der Waals surface area contributed by atoms with E-state index in [-0.39, 0.29) is 0 Å². The van der Waals surface area contributed by atoms with Gasteiger partial charge in [0.1, 0.15) is 11.8 Å². The molecule has 0 N–H and O–H groups in total. The Morgan fingerprint density at radius 1 is 1.45 bits per heavy atom. The maximum Gasteiger partial charge on any atom is 0.134 e. The molecule has 0 aliphatic rings. The molecular formula is C8H9BrN2. The van der Waals surface area contributed by atoms with Gasteiger partial charge in [-0.2, -0.15) is 5.26 Å². The van der Waals surface area contributed by atoms with Gasteiger partial charge >= 0.3 is 0 Å². The summed E-state index contributed by atoms with van der Waals surface area (Å²) in [5, 5.41) is 8.74. The van der Waals surface area contributed by atoms with Gasteiger partial charge < -0.3 is 4.57 Å². The minimum absolute atomic E-state index is 0.694. The van der Waals surface area contributed by atoms with Crippen molar-refractivity contribution in [3.63, 3.8) is 0 Å². The highest BCUT2D eigenvalue weighted by molar-refractivity contribution is 9.10. The second kappa shape index (κ2) is 2.71. The topological polar surface area (TPSA) is 28.7 Å². The zero-order valence-electron chi connectivity index (χ0n) is 6.77. The normalized spacial score (nSPS) is 9.73. The van der Waals surface area contributed by atoms with Crippen LogP contribution in [0, 0.1) is 25.2 Å². The van der Waals surface area contributed by atoms with Crippen LogP contribution in [-0.4, -0.2) is 4.57 Å². The molecule has 1 rings (SSSR count). The number of halogens is 1. The van der Waals surface area contributed by atoms with Gasteiger partial charge in [0.05, 0.1) is 4.47 Å². The van der Waals surface area contributed by atoms with Crippen molar-refractivity contribution in [3.8, 4) is 6.07 Å². The average molecular weight is 213 g/mol. The lowest BCUT2D eigenvalue weighted by molar-refractivity contribution is 0.860. The van der Waals surface area contributed by atoms with Gasteiger partial charge in [0.15, 0.2) is 0 Å². The zero-order chi connectivity index (χ0) is 8.59. The minimum atomic E-state index is 0.694. The molecule has 1 aromatic heterocycles. The van der Waals surface area contributed by atoms with Crippen LogP contribution in [-0.2, 0) is 7.05 Å². The molecule has 0 atom stereocenters. The van der Waals surface area contributed by atoms with E-state index in [4.69, 9.17) is 5.26 Å². The van der Waals surface area contributed by atoms with Gasteiger partial charge in [-0.05, 0) is 35.3 Å². The quantitative estimate of drug-likeness (QED) is 0.649. The molecule has 3 heteroatoms. The first-order valence-electron chi connectivity index (χ1n) is 3.31. The number of hydrogen-bond donors (Lipinski definition) is 0. The Bertz CT molecular complexity index is 305. The number of aromatic nitrogens is 1. The first-order valence-corrected chi connectivity index (χ1v) is 4.10. The summed E-state index contributed by atoms with van der Waals surface area (Å²) in [6.07, 6.45) is 0. The maximum absolute atomic E-state index is 8.74. The van der Waals surface area contributed by atoms with Crippen LogP contribution in [0.5, 0.6) is 0 Å². The van der Waals surface area contributed by atoms with Gasteiger partial charge in [0.2, 0.25) is 0 Å². The fourth-order valence-corrected chi connectivity index (χ4v) is 1.67. The van der Waals surface area contributed by atoms with Crippen molar-refractivity contribution in [1.29, 1.82) is 5.26 Å². The molecule has 11 heavy (non-hydrogen) atoms. The van der Waals surface area contributed by atoms with Crippen LogP contribution < -0.4 is 0 Å². The van der Waals surface area contributed by atoms with Crippen LogP contribution in [0.15, 0.2) is 4.47 Å². The van der Waals surface area contributed by atoms with E-state index in [1.807, 2.05) is 25.5 Å². The largest absolute Gasteiger partial charge is 0.339 e. The summed E-state index contributed by atoms with van der Waals surface area (Å²) in [5.41, 5.74) is 2.97. The lowest BCUT2D eigenvalue weighted by Crippen LogP contribution is -1.93. The summed E-state index contributed by atoms with van der Waals surface area (Å²) in [6.45, 7) is 4.00. The van der Waals surface area contributed by atoms with E-state index in [0.717, 1.165) is 15.7 Å². The third kappa shape index (κ3) is 1.08. The van der Waals surface area contributed by atoms with E-state index in [0.29, 0.717) is 5.69 Å². The van der Waals surface area contributed by atoms with E-state index in [2.05, 4.69) is 22.0 Å². The average Bonchev–Trinajstić information content (AvgIpc) is 2.17. The van der Waals surface area contributed by atoms with Crippen LogP contribution >= 0.6 is 15.9 Å².